The number of carbonyl (C=O) groups is 2. The van der Waals surface area contributed by atoms with Crippen LogP contribution in [0.4, 0.5) is 0 Å². The molecule has 0 radical (unpaired) electrons. The van der Waals surface area contributed by atoms with Crippen molar-refractivity contribution in [1.29, 1.82) is 0 Å². The Kier molecular flexibility index (Phi) is 4.69. The molecular weight excluding hydrogens is 366 g/mol. The number of benzene rings is 1. The van der Waals surface area contributed by atoms with Crippen LogP contribution >= 0.6 is 0 Å². The number of amides is 1. The molecule has 29 heavy (non-hydrogen) atoms. The van der Waals surface area contributed by atoms with Crippen molar-refractivity contribution in [2.45, 2.75) is 45.1 Å². The quantitative estimate of drug-likeness (QED) is 0.758. The van der Waals surface area contributed by atoms with E-state index in [1.165, 1.54) is 19.3 Å². The molecule has 1 aromatic carbocycles. The van der Waals surface area contributed by atoms with Crippen LogP contribution in [0.5, 0.6) is 5.75 Å². The third kappa shape index (κ3) is 3.70. The number of nitrogens with one attached hydrogen (secondary N) is 1. The Bertz CT molecular complexity index is 849. The Hall–Kier alpha value is -2.56. The Labute approximate surface area is 170 Å². The number of Topliss-reactive ketones (excluding diaryl/α,β-unsaturated/α-hetero) is 1. The molecule has 6 rings (SSSR count). The molecule has 0 atom stereocenters. The summed E-state index contributed by atoms with van der Waals surface area (Å²) in [5.41, 5.74) is 0.428. The molecule has 1 N–H and O–H groups in total. The van der Waals surface area contributed by atoms with E-state index in [-0.39, 0.29) is 23.7 Å². The van der Waals surface area contributed by atoms with Crippen LogP contribution < -0.4 is 10.1 Å². The molecule has 152 valence electrons. The smallest absolute Gasteiger partial charge is 0.251 e. The first-order valence-corrected chi connectivity index (χ1v) is 10.7. The van der Waals surface area contributed by atoms with Crippen molar-refractivity contribution >= 4 is 11.7 Å². The van der Waals surface area contributed by atoms with Gasteiger partial charge < -0.3 is 14.5 Å². The minimum Gasteiger partial charge on any atom is -0.486 e. The van der Waals surface area contributed by atoms with Gasteiger partial charge in [0.05, 0.1) is 12.8 Å². The maximum absolute atomic E-state index is 13.0. The molecular formula is C24H27NO4. The molecule has 1 aromatic heterocycles. The highest BCUT2D eigenvalue weighted by molar-refractivity contribution is 5.94. The van der Waals surface area contributed by atoms with E-state index in [9.17, 15) is 9.59 Å². The first kappa shape index (κ1) is 18.5. The minimum atomic E-state index is -0.169. The molecule has 0 saturated heterocycles. The summed E-state index contributed by atoms with van der Waals surface area (Å²) in [6.45, 7) is 0.486. The summed E-state index contributed by atoms with van der Waals surface area (Å²) in [6.07, 6.45) is 8.77. The number of furan rings is 1. The van der Waals surface area contributed by atoms with Crippen LogP contribution in [0.3, 0.4) is 0 Å². The summed E-state index contributed by atoms with van der Waals surface area (Å²) in [5.74, 6) is 3.71. The van der Waals surface area contributed by atoms with Gasteiger partial charge in [-0.15, -0.1) is 0 Å². The lowest BCUT2D eigenvalue weighted by atomic mass is 9.48. The fraction of sp³-hybridized carbons (Fsp3) is 0.500. The number of ether oxygens (including phenoxy) is 1. The van der Waals surface area contributed by atoms with Crippen LogP contribution in [0.1, 0.15) is 54.6 Å². The lowest BCUT2D eigenvalue weighted by Gasteiger charge is -2.55. The normalized spacial score (nSPS) is 29.6. The van der Waals surface area contributed by atoms with Crippen LogP contribution in [0, 0.1) is 23.2 Å². The van der Waals surface area contributed by atoms with Crippen molar-refractivity contribution in [2.24, 2.45) is 23.2 Å². The van der Waals surface area contributed by atoms with E-state index in [1.807, 2.05) is 6.07 Å². The molecule has 4 aliphatic rings. The second-order valence-electron chi connectivity index (χ2n) is 9.20. The third-order valence-electron chi connectivity index (χ3n) is 7.12. The van der Waals surface area contributed by atoms with Gasteiger partial charge in [-0.2, -0.15) is 0 Å². The topological polar surface area (TPSA) is 68.5 Å². The zero-order chi connectivity index (χ0) is 19.8. The van der Waals surface area contributed by atoms with E-state index in [0.29, 0.717) is 23.6 Å². The van der Waals surface area contributed by atoms with Gasteiger partial charge in [-0.1, -0.05) is 0 Å². The standard InChI is InChI=1S/C24H27NO4/c26-22(24-11-16-8-17(12-24)10-18(9-16)13-24)15-29-20-5-3-19(4-6-20)23(27)25-14-21-2-1-7-28-21/h1-7,16-18H,8-15H2,(H,25,27). The zero-order valence-electron chi connectivity index (χ0n) is 16.6. The number of carbonyl (C=O) groups excluding carboxylic acids is 2. The molecule has 5 nitrogen and oxygen atoms in total. The van der Waals surface area contributed by atoms with E-state index in [4.69, 9.17) is 9.15 Å². The van der Waals surface area contributed by atoms with Crippen molar-refractivity contribution in [1.82, 2.24) is 5.32 Å². The van der Waals surface area contributed by atoms with Gasteiger partial charge in [0.25, 0.3) is 5.91 Å². The molecule has 0 aliphatic heterocycles. The van der Waals surface area contributed by atoms with Crippen LogP contribution in [0.25, 0.3) is 0 Å². The zero-order valence-corrected chi connectivity index (χ0v) is 16.6. The third-order valence-corrected chi connectivity index (χ3v) is 7.12. The largest absolute Gasteiger partial charge is 0.486 e. The molecule has 1 heterocycles. The molecule has 0 unspecified atom stereocenters. The fourth-order valence-electron chi connectivity index (χ4n) is 6.14. The van der Waals surface area contributed by atoms with Crippen LogP contribution in [-0.2, 0) is 11.3 Å². The van der Waals surface area contributed by atoms with Crippen molar-refractivity contribution in [3.8, 4) is 5.75 Å². The summed E-state index contributed by atoms with van der Waals surface area (Å²) in [6, 6.07) is 10.6. The van der Waals surface area contributed by atoms with Crippen molar-refractivity contribution in [3.05, 3.63) is 54.0 Å². The summed E-state index contributed by atoms with van der Waals surface area (Å²) < 4.78 is 11.0. The maximum Gasteiger partial charge on any atom is 0.251 e. The van der Waals surface area contributed by atoms with E-state index in [1.54, 1.807) is 36.6 Å². The highest BCUT2D eigenvalue weighted by Gasteiger charge is 2.54. The van der Waals surface area contributed by atoms with Gasteiger partial charge in [0.15, 0.2) is 5.78 Å². The van der Waals surface area contributed by atoms with Crippen molar-refractivity contribution < 1.29 is 18.7 Å². The molecule has 5 heteroatoms. The lowest BCUT2D eigenvalue weighted by molar-refractivity contribution is -0.145. The lowest BCUT2D eigenvalue weighted by Crippen LogP contribution is -2.51. The SMILES string of the molecule is O=C(NCc1ccco1)c1ccc(OCC(=O)C23CC4CC(CC(C4)C2)C3)cc1. The number of ketones is 1. The van der Waals surface area contributed by atoms with Crippen molar-refractivity contribution in [3.63, 3.8) is 0 Å². The summed E-state index contributed by atoms with van der Waals surface area (Å²) >= 11 is 0. The minimum absolute atomic E-state index is 0.125. The van der Waals surface area contributed by atoms with Gasteiger partial charge in [0, 0.05) is 11.0 Å². The number of hydrogen-bond donors (Lipinski definition) is 1. The molecule has 2 aromatic rings. The van der Waals surface area contributed by atoms with Gasteiger partial charge in [-0.25, -0.2) is 0 Å². The monoisotopic (exact) mass is 393 g/mol. The van der Waals surface area contributed by atoms with Crippen LogP contribution in [0.2, 0.25) is 0 Å². The predicted octanol–water partition coefficient (Wildman–Crippen LogP) is 4.37. The first-order valence-electron chi connectivity index (χ1n) is 10.7. The Morgan fingerprint density at radius 2 is 1.66 bits per heavy atom. The predicted molar refractivity (Wildman–Crippen MR) is 107 cm³/mol. The van der Waals surface area contributed by atoms with Gasteiger partial charge in [0.1, 0.15) is 18.1 Å². The van der Waals surface area contributed by atoms with E-state index in [0.717, 1.165) is 37.0 Å². The fourth-order valence-corrected chi connectivity index (χ4v) is 6.14. The maximum atomic E-state index is 13.0. The molecule has 1 amide bonds. The van der Waals surface area contributed by atoms with Gasteiger partial charge in [0.2, 0.25) is 0 Å². The Morgan fingerprint density at radius 1 is 1.00 bits per heavy atom. The highest BCUT2D eigenvalue weighted by atomic mass is 16.5. The molecule has 4 saturated carbocycles. The van der Waals surface area contributed by atoms with E-state index >= 15 is 0 Å². The average molecular weight is 393 g/mol. The Morgan fingerprint density at radius 3 is 2.24 bits per heavy atom. The van der Waals surface area contributed by atoms with Gasteiger partial charge in [-0.3, -0.25) is 9.59 Å². The molecule has 4 aliphatic carbocycles. The molecule has 0 spiro atoms. The number of hydrogen-bond acceptors (Lipinski definition) is 4. The van der Waals surface area contributed by atoms with E-state index in [2.05, 4.69) is 5.32 Å². The second kappa shape index (κ2) is 7.36. The summed E-state index contributed by atoms with van der Waals surface area (Å²) in [7, 11) is 0. The molecule has 4 bridgehead atoms. The summed E-state index contributed by atoms with van der Waals surface area (Å²) in [5, 5.41) is 2.82. The highest BCUT2D eigenvalue weighted by Crippen LogP contribution is 2.60. The van der Waals surface area contributed by atoms with Crippen LogP contribution in [-0.4, -0.2) is 18.3 Å². The Balaban J connectivity index is 1.15. The number of rotatable bonds is 7. The first-order chi connectivity index (χ1) is 14.1. The van der Waals surface area contributed by atoms with Crippen molar-refractivity contribution in [2.75, 3.05) is 6.61 Å². The van der Waals surface area contributed by atoms with E-state index < -0.39 is 0 Å². The summed E-state index contributed by atoms with van der Waals surface area (Å²) in [4.78, 5) is 25.3. The average Bonchev–Trinajstić information content (AvgIpc) is 3.23. The van der Waals surface area contributed by atoms with Gasteiger partial charge >= 0.3 is 0 Å². The second-order valence-corrected chi connectivity index (χ2v) is 9.20. The van der Waals surface area contributed by atoms with Crippen LogP contribution in [0.15, 0.2) is 47.1 Å². The van der Waals surface area contributed by atoms with Gasteiger partial charge in [-0.05, 0) is 92.7 Å². The molecule has 4 fully saturated rings.